The van der Waals surface area contributed by atoms with Crippen LogP contribution in [0.15, 0.2) is 18.2 Å². The van der Waals surface area contributed by atoms with E-state index in [1.54, 1.807) is 0 Å². The fourth-order valence-electron chi connectivity index (χ4n) is 1.34. The van der Waals surface area contributed by atoms with Crippen LogP contribution < -0.4 is 5.73 Å². The van der Waals surface area contributed by atoms with Gasteiger partial charge in [-0.2, -0.15) is 0 Å². The van der Waals surface area contributed by atoms with Crippen molar-refractivity contribution >= 4 is 5.69 Å². The van der Waals surface area contributed by atoms with Crippen molar-refractivity contribution in [3.05, 3.63) is 29.3 Å². The van der Waals surface area contributed by atoms with Gasteiger partial charge in [0.1, 0.15) is 0 Å². The van der Waals surface area contributed by atoms with Crippen LogP contribution in [-0.4, -0.2) is 0 Å². The molecular weight excluding hydrogens is 146 g/mol. The molecule has 0 atom stereocenters. The van der Waals surface area contributed by atoms with Crippen LogP contribution in [0.25, 0.3) is 0 Å². The predicted octanol–water partition coefficient (Wildman–Crippen LogP) is 2.95. The van der Waals surface area contributed by atoms with Gasteiger partial charge in [0.05, 0.1) is 0 Å². The molecule has 1 aromatic rings. The van der Waals surface area contributed by atoms with Crippen molar-refractivity contribution in [3.8, 4) is 0 Å². The molecule has 1 heteroatoms. The second kappa shape index (κ2) is 3.61. The van der Waals surface area contributed by atoms with Gasteiger partial charge in [-0.1, -0.05) is 32.9 Å². The molecule has 0 aliphatic carbocycles. The Morgan fingerprint density at radius 3 is 2.50 bits per heavy atom. The molecule has 1 nitrogen and oxygen atoms in total. The van der Waals surface area contributed by atoms with Crippen molar-refractivity contribution in [1.82, 2.24) is 0 Å². The fourth-order valence-corrected chi connectivity index (χ4v) is 1.34. The minimum Gasteiger partial charge on any atom is -0.398 e. The van der Waals surface area contributed by atoms with E-state index >= 15 is 0 Å². The van der Waals surface area contributed by atoms with Crippen LogP contribution in [0.3, 0.4) is 0 Å². The molecule has 0 amide bonds. The molecule has 0 aromatic heterocycles. The van der Waals surface area contributed by atoms with Gasteiger partial charge in [-0.05, 0) is 29.5 Å². The summed E-state index contributed by atoms with van der Waals surface area (Å²) < 4.78 is 0. The topological polar surface area (TPSA) is 26.0 Å². The van der Waals surface area contributed by atoms with Gasteiger partial charge in [0.15, 0.2) is 0 Å². The minimum absolute atomic E-state index is 0.525. The molecule has 1 rings (SSSR count). The molecular formula is C11H17N. The Balaban J connectivity index is 3.08. The quantitative estimate of drug-likeness (QED) is 0.666. The van der Waals surface area contributed by atoms with E-state index in [-0.39, 0.29) is 0 Å². The van der Waals surface area contributed by atoms with Crippen LogP contribution in [0.2, 0.25) is 0 Å². The van der Waals surface area contributed by atoms with Gasteiger partial charge >= 0.3 is 0 Å². The highest BCUT2D eigenvalue weighted by molar-refractivity contribution is 5.50. The number of hydrogen-bond acceptors (Lipinski definition) is 1. The Morgan fingerprint density at radius 2 is 2.00 bits per heavy atom. The van der Waals surface area contributed by atoms with E-state index < -0.39 is 0 Å². The monoisotopic (exact) mass is 163 g/mol. The van der Waals surface area contributed by atoms with Crippen LogP contribution in [0.4, 0.5) is 5.69 Å². The van der Waals surface area contributed by atoms with E-state index in [1.165, 1.54) is 11.1 Å². The summed E-state index contributed by atoms with van der Waals surface area (Å²) in [5.41, 5.74) is 9.40. The Kier molecular flexibility index (Phi) is 2.74. The standard InChI is InChI=1S/C11H17N/c1-4-9-5-6-11(12)10(7-9)8(2)3/h5-8H,4,12H2,1-3H3. The lowest BCUT2D eigenvalue weighted by molar-refractivity contribution is 0.866. The average Bonchev–Trinajstić information content (AvgIpc) is 2.05. The van der Waals surface area contributed by atoms with Crippen molar-refractivity contribution < 1.29 is 0 Å². The molecule has 0 fully saturated rings. The number of nitrogen functional groups attached to an aromatic ring is 1. The minimum atomic E-state index is 0.525. The van der Waals surface area contributed by atoms with Crippen molar-refractivity contribution in [3.63, 3.8) is 0 Å². The summed E-state index contributed by atoms with van der Waals surface area (Å²) in [4.78, 5) is 0. The molecule has 66 valence electrons. The van der Waals surface area contributed by atoms with Crippen molar-refractivity contribution in [2.75, 3.05) is 5.73 Å². The zero-order valence-electron chi connectivity index (χ0n) is 8.09. The third kappa shape index (κ3) is 1.79. The molecule has 12 heavy (non-hydrogen) atoms. The highest BCUT2D eigenvalue weighted by Gasteiger charge is 2.03. The van der Waals surface area contributed by atoms with E-state index in [0.717, 1.165) is 12.1 Å². The molecule has 1 aromatic carbocycles. The second-order valence-electron chi connectivity index (χ2n) is 3.47. The molecule has 0 aliphatic rings. The summed E-state index contributed by atoms with van der Waals surface area (Å²) in [6.07, 6.45) is 1.08. The molecule has 2 N–H and O–H groups in total. The van der Waals surface area contributed by atoms with Gasteiger partial charge in [0.25, 0.3) is 0 Å². The molecule has 0 radical (unpaired) electrons. The highest BCUT2D eigenvalue weighted by Crippen LogP contribution is 2.22. The summed E-state index contributed by atoms with van der Waals surface area (Å²) >= 11 is 0. The zero-order chi connectivity index (χ0) is 9.14. The number of aryl methyl sites for hydroxylation is 1. The maximum absolute atomic E-state index is 5.85. The largest absolute Gasteiger partial charge is 0.398 e. The van der Waals surface area contributed by atoms with Gasteiger partial charge in [-0.15, -0.1) is 0 Å². The summed E-state index contributed by atoms with van der Waals surface area (Å²) in [5.74, 6) is 0.525. The van der Waals surface area contributed by atoms with Gasteiger partial charge < -0.3 is 5.73 Å². The first kappa shape index (κ1) is 9.11. The van der Waals surface area contributed by atoms with E-state index in [9.17, 15) is 0 Å². The first-order chi connectivity index (χ1) is 5.65. The first-order valence-corrected chi connectivity index (χ1v) is 4.53. The highest BCUT2D eigenvalue weighted by atomic mass is 14.6. The lowest BCUT2D eigenvalue weighted by Gasteiger charge is -2.10. The maximum atomic E-state index is 5.85. The van der Waals surface area contributed by atoms with E-state index in [1.807, 2.05) is 6.07 Å². The van der Waals surface area contributed by atoms with Crippen molar-refractivity contribution in [2.24, 2.45) is 0 Å². The lowest BCUT2D eigenvalue weighted by atomic mass is 9.98. The Bertz CT molecular complexity index is 264. The van der Waals surface area contributed by atoms with E-state index in [4.69, 9.17) is 5.73 Å². The molecule has 0 heterocycles. The molecule has 0 saturated heterocycles. The number of rotatable bonds is 2. The number of anilines is 1. The Hall–Kier alpha value is -0.980. The summed E-state index contributed by atoms with van der Waals surface area (Å²) in [5, 5.41) is 0. The molecule has 0 bridgehead atoms. The predicted molar refractivity (Wildman–Crippen MR) is 54.3 cm³/mol. The van der Waals surface area contributed by atoms with Crippen molar-refractivity contribution in [2.45, 2.75) is 33.1 Å². The normalized spacial score (nSPS) is 10.7. The second-order valence-corrected chi connectivity index (χ2v) is 3.47. The molecule has 0 aliphatic heterocycles. The average molecular weight is 163 g/mol. The third-order valence-corrected chi connectivity index (χ3v) is 2.18. The SMILES string of the molecule is CCc1ccc(N)c(C(C)C)c1. The molecule has 0 unspecified atom stereocenters. The maximum Gasteiger partial charge on any atom is 0.0349 e. The smallest absolute Gasteiger partial charge is 0.0349 e. The van der Waals surface area contributed by atoms with E-state index in [2.05, 4.69) is 32.9 Å². The molecule has 0 saturated carbocycles. The Labute approximate surface area is 74.6 Å². The van der Waals surface area contributed by atoms with Crippen LogP contribution in [-0.2, 0) is 6.42 Å². The molecule has 0 spiro atoms. The third-order valence-electron chi connectivity index (χ3n) is 2.18. The summed E-state index contributed by atoms with van der Waals surface area (Å²) in [6, 6.07) is 6.31. The van der Waals surface area contributed by atoms with Gasteiger partial charge in [-0.25, -0.2) is 0 Å². The first-order valence-electron chi connectivity index (χ1n) is 4.53. The number of benzene rings is 1. The van der Waals surface area contributed by atoms with Crippen molar-refractivity contribution in [1.29, 1.82) is 0 Å². The lowest BCUT2D eigenvalue weighted by Crippen LogP contribution is -1.97. The van der Waals surface area contributed by atoms with Crippen LogP contribution >= 0.6 is 0 Å². The van der Waals surface area contributed by atoms with E-state index in [0.29, 0.717) is 5.92 Å². The van der Waals surface area contributed by atoms with Crippen LogP contribution in [0, 0.1) is 0 Å². The van der Waals surface area contributed by atoms with Gasteiger partial charge in [-0.3, -0.25) is 0 Å². The van der Waals surface area contributed by atoms with Gasteiger partial charge in [0, 0.05) is 5.69 Å². The summed E-state index contributed by atoms with van der Waals surface area (Å²) in [7, 11) is 0. The van der Waals surface area contributed by atoms with Crippen LogP contribution in [0.1, 0.15) is 37.8 Å². The Morgan fingerprint density at radius 1 is 1.33 bits per heavy atom. The zero-order valence-corrected chi connectivity index (χ0v) is 8.09. The summed E-state index contributed by atoms with van der Waals surface area (Å²) in [6.45, 7) is 6.51. The van der Waals surface area contributed by atoms with Crippen LogP contribution in [0.5, 0.6) is 0 Å². The van der Waals surface area contributed by atoms with Gasteiger partial charge in [0.2, 0.25) is 0 Å². The fraction of sp³-hybridized carbons (Fsp3) is 0.455. The number of hydrogen-bond donors (Lipinski definition) is 1. The number of nitrogens with two attached hydrogens (primary N) is 1.